The molecular weight excluding hydrogens is 342 g/mol. The number of hydrogen-bond acceptors (Lipinski definition) is 7. The van der Waals surface area contributed by atoms with Gasteiger partial charge in [0, 0.05) is 45.3 Å². The Morgan fingerprint density at radius 3 is 2.52 bits per heavy atom. The second kappa shape index (κ2) is 6.87. The minimum absolute atomic E-state index is 0.0905. The quantitative estimate of drug-likeness (QED) is 0.731. The number of carbonyl (C=O) groups excluding carboxylic acids is 1. The Hall–Kier alpha value is -1.74. The SMILES string of the molecule is Cc1nc(C(=O)N2CCN(C)CC2)cc(N(C)C2CCS(=O)(=O)C2)n1. The van der Waals surface area contributed by atoms with Gasteiger partial charge in [0.25, 0.3) is 5.91 Å². The molecule has 0 radical (unpaired) electrons. The lowest BCUT2D eigenvalue weighted by atomic mass is 10.2. The van der Waals surface area contributed by atoms with Gasteiger partial charge in [-0.2, -0.15) is 0 Å². The van der Waals surface area contributed by atoms with Crippen LogP contribution in [0.5, 0.6) is 0 Å². The zero-order valence-electron chi connectivity index (χ0n) is 15.0. The number of amides is 1. The summed E-state index contributed by atoms with van der Waals surface area (Å²) in [6.45, 7) is 4.82. The van der Waals surface area contributed by atoms with Crippen LogP contribution in [0.15, 0.2) is 6.07 Å². The zero-order valence-corrected chi connectivity index (χ0v) is 15.8. The van der Waals surface area contributed by atoms with Crippen LogP contribution in [0.2, 0.25) is 0 Å². The van der Waals surface area contributed by atoms with Crippen LogP contribution in [-0.4, -0.2) is 91.9 Å². The van der Waals surface area contributed by atoms with Gasteiger partial charge < -0.3 is 14.7 Å². The molecule has 1 aromatic heterocycles. The van der Waals surface area contributed by atoms with Crippen LogP contribution in [0.1, 0.15) is 22.7 Å². The fraction of sp³-hybridized carbons (Fsp3) is 0.688. The van der Waals surface area contributed by atoms with Gasteiger partial charge in [0.05, 0.1) is 11.5 Å². The van der Waals surface area contributed by atoms with E-state index in [0.717, 1.165) is 13.1 Å². The highest BCUT2D eigenvalue weighted by Crippen LogP contribution is 2.22. The molecule has 0 aliphatic carbocycles. The molecule has 1 amide bonds. The van der Waals surface area contributed by atoms with Gasteiger partial charge in [0.15, 0.2) is 9.84 Å². The molecule has 0 aromatic carbocycles. The molecule has 9 heteroatoms. The van der Waals surface area contributed by atoms with Gasteiger partial charge in [-0.05, 0) is 20.4 Å². The highest BCUT2D eigenvalue weighted by molar-refractivity contribution is 7.91. The summed E-state index contributed by atoms with van der Waals surface area (Å²) in [5, 5.41) is 0. The minimum Gasteiger partial charge on any atom is -0.356 e. The molecule has 1 aromatic rings. The van der Waals surface area contributed by atoms with Crippen LogP contribution in [0.4, 0.5) is 5.82 Å². The first-order valence-electron chi connectivity index (χ1n) is 8.52. The molecule has 2 fully saturated rings. The van der Waals surface area contributed by atoms with Gasteiger partial charge in [0.2, 0.25) is 0 Å². The van der Waals surface area contributed by atoms with Gasteiger partial charge in [-0.15, -0.1) is 0 Å². The number of nitrogens with zero attached hydrogens (tertiary/aromatic N) is 5. The maximum absolute atomic E-state index is 12.8. The van der Waals surface area contributed by atoms with Gasteiger partial charge >= 0.3 is 0 Å². The van der Waals surface area contributed by atoms with Gasteiger partial charge in [-0.3, -0.25) is 4.79 Å². The van der Waals surface area contributed by atoms with Gasteiger partial charge in [0.1, 0.15) is 17.3 Å². The van der Waals surface area contributed by atoms with Crippen LogP contribution in [-0.2, 0) is 9.84 Å². The number of carbonyl (C=O) groups is 1. The maximum Gasteiger partial charge on any atom is 0.272 e. The minimum atomic E-state index is -2.97. The summed E-state index contributed by atoms with van der Waals surface area (Å²) in [5.74, 6) is 1.37. The van der Waals surface area contributed by atoms with E-state index in [4.69, 9.17) is 0 Å². The van der Waals surface area contributed by atoms with E-state index in [1.54, 1.807) is 13.0 Å². The van der Waals surface area contributed by atoms with E-state index in [1.165, 1.54) is 0 Å². The third-order valence-electron chi connectivity index (χ3n) is 4.95. The summed E-state index contributed by atoms with van der Waals surface area (Å²) < 4.78 is 23.5. The van der Waals surface area contributed by atoms with E-state index in [-0.39, 0.29) is 23.5 Å². The van der Waals surface area contributed by atoms with Crippen molar-refractivity contribution in [3.8, 4) is 0 Å². The van der Waals surface area contributed by atoms with Crippen molar-refractivity contribution in [2.45, 2.75) is 19.4 Å². The van der Waals surface area contributed by atoms with Crippen LogP contribution in [0, 0.1) is 6.92 Å². The van der Waals surface area contributed by atoms with Crippen molar-refractivity contribution in [2.75, 3.05) is 56.7 Å². The van der Waals surface area contributed by atoms with Crippen molar-refractivity contribution in [3.05, 3.63) is 17.6 Å². The van der Waals surface area contributed by atoms with E-state index in [9.17, 15) is 13.2 Å². The third kappa shape index (κ3) is 4.09. The normalized spacial score (nSPS) is 23.6. The first kappa shape index (κ1) is 18.1. The topological polar surface area (TPSA) is 86.7 Å². The molecule has 0 spiro atoms. The number of hydrogen-bond donors (Lipinski definition) is 0. The van der Waals surface area contributed by atoms with Gasteiger partial charge in [-0.25, -0.2) is 18.4 Å². The lowest BCUT2D eigenvalue weighted by molar-refractivity contribution is 0.0657. The zero-order chi connectivity index (χ0) is 18.2. The molecule has 2 aliphatic heterocycles. The average Bonchev–Trinajstić information content (AvgIpc) is 2.93. The molecule has 0 N–H and O–H groups in total. The Labute approximate surface area is 148 Å². The fourth-order valence-electron chi connectivity index (χ4n) is 3.28. The molecule has 138 valence electrons. The molecule has 3 rings (SSSR count). The molecule has 25 heavy (non-hydrogen) atoms. The molecule has 2 aliphatic rings. The summed E-state index contributed by atoms with van der Waals surface area (Å²) in [7, 11) is 0.899. The first-order chi connectivity index (χ1) is 11.7. The molecule has 3 heterocycles. The molecule has 8 nitrogen and oxygen atoms in total. The Bertz CT molecular complexity index is 759. The molecule has 1 unspecified atom stereocenters. The number of rotatable bonds is 3. The summed E-state index contributed by atoms with van der Waals surface area (Å²) >= 11 is 0. The average molecular weight is 367 g/mol. The van der Waals surface area contributed by atoms with E-state index < -0.39 is 9.84 Å². The van der Waals surface area contributed by atoms with Crippen molar-refractivity contribution in [3.63, 3.8) is 0 Å². The standard InChI is InChI=1S/C16H25N5O3S/c1-12-17-14(16(22)21-7-5-19(2)6-8-21)10-15(18-12)20(3)13-4-9-25(23,24)11-13/h10,13H,4-9,11H2,1-3H3. The Balaban J connectivity index is 1.79. The second-order valence-corrected chi connectivity index (χ2v) is 9.15. The molecule has 1 atom stereocenters. The van der Waals surface area contributed by atoms with Crippen molar-refractivity contribution in [1.29, 1.82) is 0 Å². The largest absolute Gasteiger partial charge is 0.356 e. The van der Waals surface area contributed by atoms with Crippen molar-refractivity contribution in [1.82, 2.24) is 19.8 Å². The van der Waals surface area contributed by atoms with Crippen LogP contribution in [0.25, 0.3) is 0 Å². The predicted octanol–water partition coefficient (Wildman–Crippen LogP) is -0.204. The van der Waals surface area contributed by atoms with E-state index in [2.05, 4.69) is 14.9 Å². The first-order valence-corrected chi connectivity index (χ1v) is 10.3. The molecule has 0 bridgehead atoms. The van der Waals surface area contributed by atoms with E-state index >= 15 is 0 Å². The lowest BCUT2D eigenvalue weighted by Crippen LogP contribution is -2.47. The Morgan fingerprint density at radius 1 is 1.24 bits per heavy atom. The maximum atomic E-state index is 12.8. The van der Waals surface area contributed by atoms with E-state index in [0.29, 0.717) is 36.8 Å². The highest BCUT2D eigenvalue weighted by atomic mass is 32.2. The summed E-state index contributed by atoms with van der Waals surface area (Å²) in [5.41, 5.74) is 0.375. The molecule has 2 saturated heterocycles. The van der Waals surface area contributed by atoms with Crippen molar-refractivity contribution in [2.24, 2.45) is 0 Å². The summed E-state index contributed by atoms with van der Waals surface area (Å²) in [6, 6.07) is 1.57. The van der Waals surface area contributed by atoms with Crippen LogP contribution >= 0.6 is 0 Å². The van der Waals surface area contributed by atoms with Crippen LogP contribution in [0.3, 0.4) is 0 Å². The fourth-order valence-corrected chi connectivity index (χ4v) is 5.06. The third-order valence-corrected chi connectivity index (χ3v) is 6.70. The second-order valence-electron chi connectivity index (χ2n) is 6.92. The van der Waals surface area contributed by atoms with Gasteiger partial charge in [-0.1, -0.05) is 0 Å². The number of likely N-dealkylation sites (N-methyl/N-ethyl adjacent to an activating group) is 1. The molecule has 0 saturated carbocycles. The van der Waals surface area contributed by atoms with Crippen molar-refractivity contribution >= 4 is 21.6 Å². The number of sulfone groups is 1. The number of anilines is 1. The predicted molar refractivity (Wildman–Crippen MR) is 95.6 cm³/mol. The Kier molecular flexibility index (Phi) is 4.97. The van der Waals surface area contributed by atoms with E-state index in [1.807, 2.05) is 23.9 Å². The molecular formula is C16H25N5O3S. The smallest absolute Gasteiger partial charge is 0.272 e. The lowest BCUT2D eigenvalue weighted by Gasteiger charge is -2.32. The highest BCUT2D eigenvalue weighted by Gasteiger charge is 2.32. The van der Waals surface area contributed by atoms with Crippen LogP contribution < -0.4 is 4.90 Å². The number of aromatic nitrogens is 2. The number of piperazine rings is 1. The summed E-state index contributed by atoms with van der Waals surface area (Å²) in [4.78, 5) is 27.3. The monoisotopic (exact) mass is 367 g/mol. The summed E-state index contributed by atoms with van der Waals surface area (Å²) in [6.07, 6.45) is 0.587. The Morgan fingerprint density at radius 2 is 1.92 bits per heavy atom. The number of aryl methyl sites for hydroxylation is 1. The van der Waals surface area contributed by atoms with Crippen molar-refractivity contribution < 1.29 is 13.2 Å².